The third kappa shape index (κ3) is 11.2. The fourth-order valence-corrected chi connectivity index (χ4v) is 6.22. The highest BCUT2D eigenvalue weighted by Gasteiger charge is 2.38. The Balaban J connectivity index is 0.00000101. The summed E-state index contributed by atoms with van der Waals surface area (Å²) in [5, 5.41) is -0.326. The summed E-state index contributed by atoms with van der Waals surface area (Å²) in [6.07, 6.45) is 4.11. The molecule has 0 radical (unpaired) electrons. The summed E-state index contributed by atoms with van der Waals surface area (Å²) >= 11 is 6.04. The number of piperazine rings is 1. The van der Waals surface area contributed by atoms with Gasteiger partial charge in [0.15, 0.2) is 0 Å². The van der Waals surface area contributed by atoms with Crippen molar-refractivity contribution in [2.75, 3.05) is 83.4 Å². The minimum absolute atomic E-state index is 0.0199. The zero-order chi connectivity index (χ0) is 36.1. The first-order valence-corrected chi connectivity index (χ1v) is 18.0. The number of benzene rings is 1. The maximum Gasteiger partial charge on any atom is 0.419 e. The van der Waals surface area contributed by atoms with Crippen LogP contribution in [-0.4, -0.2) is 110 Å². The average Bonchev–Trinajstić information content (AvgIpc) is 3.51. The second-order valence-electron chi connectivity index (χ2n) is 12.6. The number of fused-ring (bicyclic) bond motifs is 1. The summed E-state index contributed by atoms with van der Waals surface area (Å²) in [4.78, 5) is 32.1. The number of amides is 1. The number of likely N-dealkylation sites (N-methyl/N-ethyl adjacent to an activating group) is 2. The van der Waals surface area contributed by atoms with Crippen molar-refractivity contribution in [2.24, 2.45) is 0 Å². The van der Waals surface area contributed by atoms with Crippen molar-refractivity contribution in [3.05, 3.63) is 52.2 Å². The van der Waals surface area contributed by atoms with Gasteiger partial charge in [-0.1, -0.05) is 64.3 Å². The van der Waals surface area contributed by atoms with E-state index in [1.54, 1.807) is 11.0 Å². The van der Waals surface area contributed by atoms with E-state index >= 15 is 0 Å². The Morgan fingerprint density at radius 1 is 1.04 bits per heavy atom. The highest BCUT2D eigenvalue weighted by Crippen LogP contribution is 2.43. The SMILES string of the molecule is CC.CCCC.CN(C)C/C=C/C(=O)N1CCN(c2nc(OC[C@@H]3CCCN3C)nc3c2CCN(c2cccc(Cl)c2C(F)(F)F)C3)CC1. The Hall–Kier alpha value is -3.09. The number of carbonyl (C=O) groups excluding carboxylic acids is 1. The summed E-state index contributed by atoms with van der Waals surface area (Å²) in [7, 11) is 5.96. The lowest BCUT2D eigenvalue weighted by molar-refractivity contribution is -0.137. The van der Waals surface area contributed by atoms with Crippen LogP contribution >= 0.6 is 11.6 Å². The molecule has 2 aromatic rings. The van der Waals surface area contributed by atoms with E-state index in [4.69, 9.17) is 26.3 Å². The first kappa shape index (κ1) is 40.3. The number of carbonyl (C=O) groups is 1. The molecular formula is C36H55ClF3N7O2. The molecule has 0 saturated carbocycles. The number of nitrogens with zero attached hydrogens (tertiary/aromatic N) is 7. The molecule has 13 heteroatoms. The number of anilines is 2. The van der Waals surface area contributed by atoms with Crippen LogP contribution in [0.1, 0.15) is 70.2 Å². The van der Waals surface area contributed by atoms with Crippen molar-refractivity contribution in [2.45, 2.75) is 78.6 Å². The van der Waals surface area contributed by atoms with E-state index < -0.39 is 11.7 Å². The summed E-state index contributed by atoms with van der Waals surface area (Å²) < 4.78 is 48.1. The fraction of sp³-hybridized carbons (Fsp3) is 0.639. The lowest BCUT2D eigenvalue weighted by Gasteiger charge is -2.38. The molecule has 1 amide bonds. The minimum Gasteiger partial charge on any atom is -0.462 e. The molecule has 0 spiro atoms. The molecule has 2 saturated heterocycles. The van der Waals surface area contributed by atoms with Gasteiger partial charge in [0.25, 0.3) is 0 Å². The van der Waals surface area contributed by atoms with E-state index in [1.165, 1.54) is 31.0 Å². The molecule has 4 heterocycles. The van der Waals surface area contributed by atoms with Crippen LogP contribution in [0.4, 0.5) is 24.7 Å². The maximum atomic E-state index is 14.0. The monoisotopic (exact) mass is 709 g/mol. The smallest absolute Gasteiger partial charge is 0.419 e. The van der Waals surface area contributed by atoms with Crippen LogP contribution in [0.25, 0.3) is 0 Å². The summed E-state index contributed by atoms with van der Waals surface area (Å²) in [5.74, 6) is 0.713. The quantitative estimate of drug-likeness (QED) is 0.264. The average molecular weight is 710 g/mol. The number of halogens is 4. The van der Waals surface area contributed by atoms with Gasteiger partial charge in [-0.2, -0.15) is 23.1 Å². The van der Waals surface area contributed by atoms with Crippen LogP contribution < -0.4 is 14.5 Å². The highest BCUT2D eigenvalue weighted by molar-refractivity contribution is 6.31. The molecule has 274 valence electrons. The van der Waals surface area contributed by atoms with Gasteiger partial charge in [-0.15, -0.1) is 0 Å². The van der Waals surface area contributed by atoms with Gasteiger partial charge < -0.3 is 29.2 Å². The van der Waals surface area contributed by atoms with Crippen LogP contribution in [0.3, 0.4) is 0 Å². The number of likely N-dealkylation sites (tertiary alicyclic amines) is 1. The summed E-state index contributed by atoms with van der Waals surface area (Å²) in [6, 6.07) is 4.74. The van der Waals surface area contributed by atoms with Gasteiger partial charge in [0.05, 0.1) is 28.5 Å². The van der Waals surface area contributed by atoms with E-state index in [0.717, 1.165) is 30.8 Å². The largest absolute Gasteiger partial charge is 0.462 e. The molecule has 5 rings (SSSR count). The second kappa shape index (κ2) is 19.3. The summed E-state index contributed by atoms with van der Waals surface area (Å²) in [5.41, 5.74) is 0.748. The lowest BCUT2D eigenvalue weighted by Crippen LogP contribution is -2.49. The minimum atomic E-state index is -4.59. The first-order chi connectivity index (χ1) is 23.4. The van der Waals surface area contributed by atoms with E-state index in [-0.39, 0.29) is 35.2 Å². The number of rotatable bonds is 9. The number of ether oxygens (including phenoxy) is 1. The standard InChI is InChI=1S/C30H39ClF3N7O2.C4H10.C2H6/c1-37(2)12-6-10-26(42)39-15-17-40(18-16-39)28-22-11-14-41(25-9-4-8-23(31)27(25)30(32,33)34)19-24(22)35-29(36-28)43-20-21-7-5-13-38(21)3;1-3-4-2;1-2/h4,6,8-10,21H,5,7,11-20H2,1-3H3;3-4H2,1-2H3;1-2H3/b10-6+;;/t21-;;/m0../s1. The van der Waals surface area contributed by atoms with Crippen molar-refractivity contribution in [1.82, 2.24) is 24.7 Å². The Morgan fingerprint density at radius 2 is 1.73 bits per heavy atom. The van der Waals surface area contributed by atoms with Gasteiger partial charge in [0.1, 0.15) is 12.4 Å². The van der Waals surface area contributed by atoms with Crippen molar-refractivity contribution in [1.29, 1.82) is 0 Å². The van der Waals surface area contributed by atoms with E-state index in [1.807, 2.05) is 43.8 Å². The topological polar surface area (TPSA) is 68.3 Å². The van der Waals surface area contributed by atoms with Crippen LogP contribution in [-0.2, 0) is 23.9 Å². The Morgan fingerprint density at radius 3 is 2.33 bits per heavy atom. The third-order valence-electron chi connectivity index (χ3n) is 8.84. The van der Waals surface area contributed by atoms with Crippen molar-refractivity contribution in [3.8, 4) is 6.01 Å². The molecular weight excluding hydrogens is 655 g/mol. The zero-order valence-corrected chi connectivity index (χ0v) is 31.1. The Labute approximate surface area is 296 Å². The Kier molecular flexibility index (Phi) is 15.9. The highest BCUT2D eigenvalue weighted by atomic mass is 35.5. The normalized spacial score (nSPS) is 18.2. The molecule has 1 aromatic heterocycles. The molecule has 49 heavy (non-hydrogen) atoms. The van der Waals surface area contributed by atoms with Crippen LogP contribution in [0.5, 0.6) is 6.01 Å². The van der Waals surface area contributed by atoms with Crippen LogP contribution in [0, 0.1) is 0 Å². The predicted octanol–water partition coefficient (Wildman–Crippen LogP) is 6.78. The van der Waals surface area contributed by atoms with Gasteiger partial charge in [-0.3, -0.25) is 4.79 Å². The molecule has 9 nitrogen and oxygen atoms in total. The molecule has 0 unspecified atom stereocenters. The number of hydrogen-bond donors (Lipinski definition) is 0. The van der Waals surface area contributed by atoms with E-state index in [2.05, 4.69) is 30.7 Å². The molecule has 3 aliphatic heterocycles. The van der Waals surface area contributed by atoms with Gasteiger partial charge in [0, 0.05) is 56.9 Å². The Bertz CT molecular complexity index is 1360. The number of aromatic nitrogens is 2. The molecule has 1 aromatic carbocycles. The molecule has 1 atom stereocenters. The first-order valence-electron chi connectivity index (χ1n) is 17.6. The number of hydrogen-bond acceptors (Lipinski definition) is 8. The third-order valence-corrected chi connectivity index (χ3v) is 9.15. The van der Waals surface area contributed by atoms with Gasteiger partial charge in [-0.05, 0) is 59.1 Å². The summed E-state index contributed by atoms with van der Waals surface area (Å²) in [6.45, 7) is 13.3. The van der Waals surface area contributed by atoms with Crippen molar-refractivity contribution in [3.63, 3.8) is 0 Å². The van der Waals surface area contributed by atoms with Crippen molar-refractivity contribution < 1.29 is 22.7 Å². The van der Waals surface area contributed by atoms with Gasteiger partial charge in [-0.25, -0.2) is 0 Å². The number of alkyl halides is 3. The second-order valence-corrected chi connectivity index (χ2v) is 13.0. The number of unbranched alkanes of at least 4 members (excludes halogenated alkanes) is 1. The molecule has 0 N–H and O–H groups in total. The molecule has 0 bridgehead atoms. The predicted molar refractivity (Wildman–Crippen MR) is 193 cm³/mol. The van der Waals surface area contributed by atoms with Gasteiger partial charge in [0.2, 0.25) is 5.91 Å². The van der Waals surface area contributed by atoms with Crippen LogP contribution in [0.15, 0.2) is 30.4 Å². The zero-order valence-electron chi connectivity index (χ0n) is 30.3. The maximum absolute atomic E-state index is 14.0. The molecule has 0 aliphatic carbocycles. The fourth-order valence-electron chi connectivity index (χ4n) is 5.95. The lowest BCUT2D eigenvalue weighted by atomic mass is 10.0. The van der Waals surface area contributed by atoms with E-state index in [9.17, 15) is 18.0 Å². The molecule has 2 fully saturated rings. The molecule has 3 aliphatic rings. The van der Waals surface area contributed by atoms with Crippen molar-refractivity contribution >= 4 is 29.0 Å². The van der Waals surface area contributed by atoms with E-state index in [0.29, 0.717) is 58.0 Å². The van der Waals surface area contributed by atoms with Gasteiger partial charge >= 0.3 is 12.2 Å². The van der Waals surface area contributed by atoms with Crippen LogP contribution in [0.2, 0.25) is 5.02 Å².